The first-order valence-electron chi connectivity index (χ1n) is 8.20. The second kappa shape index (κ2) is 6.53. The van der Waals surface area contributed by atoms with Crippen molar-refractivity contribution in [2.75, 3.05) is 6.54 Å². The monoisotopic (exact) mass is 384 g/mol. The summed E-state index contributed by atoms with van der Waals surface area (Å²) in [5, 5.41) is 7.52. The molecule has 0 radical (unpaired) electrons. The van der Waals surface area contributed by atoms with Crippen molar-refractivity contribution in [2.24, 2.45) is 0 Å². The molecule has 126 valence electrons. The molecule has 0 saturated heterocycles. The van der Waals surface area contributed by atoms with E-state index in [1.165, 1.54) is 15.3 Å². The molecule has 4 aromatic rings. The molecule has 5 heterocycles. The highest BCUT2D eigenvalue weighted by Crippen LogP contribution is 2.40. The van der Waals surface area contributed by atoms with Crippen LogP contribution in [-0.2, 0) is 13.0 Å². The number of thiophene rings is 2. The van der Waals surface area contributed by atoms with Gasteiger partial charge in [-0.25, -0.2) is 4.98 Å². The van der Waals surface area contributed by atoms with Crippen LogP contribution in [0.25, 0.3) is 10.8 Å². The fourth-order valence-electron chi connectivity index (χ4n) is 3.42. The quantitative estimate of drug-likeness (QED) is 0.454. The summed E-state index contributed by atoms with van der Waals surface area (Å²) in [6.45, 7) is 1.94. The van der Waals surface area contributed by atoms with Crippen LogP contribution in [0.4, 0.5) is 0 Å². The van der Waals surface area contributed by atoms with Gasteiger partial charge in [-0.1, -0.05) is 6.07 Å². The van der Waals surface area contributed by atoms with Gasteiger partial charge in [0.15, 0.2) is 10.8 Å². The molecule has 4 aromatic heterocycles. The van der Waals surface area contributed by atoms with Crippen molar-refractivity contribution in [1.29, 1.82) is 0 Å². The average Bonchev–Trinajstić information content (AvgIpc) is 3.39. The lowest BCUT2D eigenvalue weighted by Crippen LogP contribution is -2.34. The summed E-state index contributed by atoms with van der Waals surface area (Å²) in [5.74, 6) is 0.852. The summed E-state index contributed by atoms with van der Waals surface area (Å²) in [6.07, 6.45) is 2.83. The maximum Gasteiger partial charge on any atom is 0.162 e. The van der Waals surface area contributed by atoms with E-state index in [-0.39, 0.29) is 0 Å². The number of hydrogen-bond acceptors (Lipinski definition) is 6. The number of fused-ring (bicyclic) bond motifs is 1. The van der Waals surface area contributed by atoms with Crippen LogP contribution in [0, 0.1) is 0 Å². The van der Waals surface area contributed by atoms with Crippen LogP contribution in [0.2, 0.25) is 0 Å². The minimum atomic E-state index is 0.351. The van der Waals surface area contributed by atoms with E-state index < -0.39 is 0 Å². The van der Waals surface area contributed by atoms with Gasteiger partial charge in [0.2, 0.25) is 0 Å². The number of nitrogens with zero attached hydrogens (tertiary/aromatic N) is 2. The second-order valence-corrected chi connectivity index (χ2v) is 8.90. The molecule has 0 saturated carbocycles. The normalized spacial score (nSPS) is 17.7. The molecule has 0 bridgehead atoms. The Hall–Kier alpha value is -1.73. The molecule has 1 aliphatic rings. The molecular weight excluding hydrogens is 368 g/mol. The molecule has 3 nitrogen and oxygen atoms in total. The lowest BCUT2D eigenvalue weighted by atomic mass is 9.98. The Morgan fingerprint density at radius 3 is 2.96 bits per heavy atom. The van der Waals surface area contributed by atoms with Crippen LogP contribution in [0.5, 0.6) is 0 Å². The Bertz CT molecular complexity index is 953. The van der Waals surface area contributed by atoms with Crippen molar-refractivity contribution in [3.63, 3.8) is 0 Å². The van der Waals surface area contributed by atoms with Gasteiger partial charge >= 0.3 is 0 Å². The van der Waals surface area contributed by atoms with Crippen molar-refractivity contribution in [2.45, 2.75) is 19.0 Å². The van der Waals surface area contributed by atoms with E-state index in [0.717, 1.165) is 36.0 Å². The van der Waals surface area contributed by atoms with Gasteiger partial charge in [-0.05, 0) is 47.0 Å². The molecule has 0 spiro atoms. The zero-order chi connectivity index (χ0) is 16.6. The fraction of sp³-hybridized carbons (Fsp3) is 0.211. The fourth-order valence-corrected chi connectivity index (χ4v) is 5.98. The minimum Gasteiger partial charge on any atom is -0.462 e. The largest absolute Gasteiger partial charge is 0.462 e. The van der Waals surface area contributed by atoms with E-state index in [1.807, 2.05) is 34.8 Å². The zero-order valence-corrected chi connectivity index (χ0v) is 15.9. The highest BCUT2D eigenvalue weighted by atomic mass is 32.1. The predicted molar refractivity (Wildman–Crippen MR) is 104 cm³/mol. The van der Waals surface area contributed by atoms with Crippen molar-refractivity contribution in [3.8, 4) is 10.8 Å². The highest BCUT2D eigenvalue weighted by molar-refractivity contribution is 7.13. The minimum absolute atomic E-state index is 0.351. The molecule has 25 heavy (non-hydrogen) atoms. The molecule has 5 rings (SSSR count). The second-order valence-electron chi connectivity index (χ2n) is 6.06. The Kier molecular flexibility index (Phi) is 4.06. The van der Waals surface area contributed by atoms with Gasteiger partial charge in [0.1, 0.15) is 0 Å². The first kappa shape index (κ1) is 15.5. The number of rotatable bonds is 4. The SMILES string of the molecule is c1coc(-c2nc(CN3CCc4sccc4C3c3cccs3)cs2)c1. The van der Waals surface area contributed by atoms with E-state index in [9.17, 15) is 0 Å². The van der Waals surface area contributed by atoms with E-state index in [1.54, 1.807) is 17.6 Å². The Morgan fingerprint density at radius 2 is 2.12 bits per heavy atom. The molecule has 0 fully saturated rings. The molecule has 0 amide bonds. The van der Waals surface area contributed by atoms with E-state index in [2.05, 4.69) is 39.2 Å². The molecule has 0 aromatic carbocycles. The van der Waals surface area contributed by atoms with Crippen LogP contribution in [0.1, 0.15) is 27.1 Å². The van der Waals surface area contributed by atoms with Crippen molar-refractivity contribution >= 4 is 34.0 Å². The van der Waals surface area contributed by atoms with Crippen LogP contribution in [0.15, 0.2) is 57.2 Å². The maximum atomic E-state index is 5.48. The van der Waals surface area contributed by atoms with Gasteiger partial charge in [0.25, 0.3) is 0 Å². The zero-order valence-electron chi connectivity index (χ0n) is 13.4. The van der Waals surface area contributed by atoms with Gasteiger partial charge in [0, 0.05) is 28.2 Å². The van der Waals surface area contributed by atoms with Crippen LogP contribution < -0.4 is 0 Å². The lowest BCUT2D eigenvalue weighted by Gasteiger charge is -2.35. The molecule has 1 unspecified atom stereocenters. The molecular formula is C19H16N2OS3. The third-order valence-corrected chi connectivity index (χ3v) is 7.35. The van der Waals surface area contributed by atoms with E-state index in [4.69, 9.17) is 9.40 Å². The van der Waals surface area contributed by atoms with E-state index >= 15 is 0 Å². The predicted octanol–water partition coefficient (Wildman–Crippen LogP) is 5.67. The van der Waals surface area contributed by atoms with Gasteiger partial charge in [0.05, 0.1) is 18.0 Å². The number of hydrogen-bond donors (Lipinski definition) is 0. The third-order valence-electron chi connectivity index (χ3n) is 4.53. The smallest absolute Gasteiger partial charge is 0.162 e. The first-order valence-corrected chi connectivity index (χ1v) is 10.8. The summed E-state index contributed by atoms with van der Waals surface area (Å²) in [6, 6.07) is 10.9. The summed E-state index contributed by atoms with van der Waals surface area (Å²) < 4.78 is 5.48. The highest BCUT2D eigenvalue weighted by Gasteiger charge is 2.30. The van der Waals surface area contributed by atoms with Crippen LogP contribution >= 0.6 is 34.0 Å². The number of furan rings is 1. The van der Waals surface area contributed by atoms with Gasteiger partial charge in [-0.2, -0.15) is 0 Å². The first-order chi connectivity index (χ1) is 12.4. The molecule has 6 heteroatoms. The van der Waals surface area contributed by atoms with Crippen molar-refractivity contribution < 1.29 is 4.42 Å². The molecule has 0 N–H and O–H groups in total. The van der Waals surface area contributed by atoms with Crippen molar-refractivity contribution in [3.05, 3.63) is 73.7 Å². The Balaban J connectivity index is 1.45. The maximum absolute atomic E-state index is 5.48. The summed E-state index contributed by atoms with van der Waals surface area (Å²) in [5.41, 5.74) is 2.59. The average molecular weight is 385 g/mol. The topological polar surface area (TPSA) is 29.3 Å². The molecule has 1 aliphatic heterocycles. The summed E-state index contributed by atoms with van der Waals surface area (Å²) >= 11 is 5.39. The summed E-state index contributed by atoms with van der Waals surface area (Å²) in [7, 11) is 0. The van der Waals surface area contributed by atoms with Crippen molar-refractivity contribution in [1.82, 2.24) is 9.88 Å². The van der Waals surface area contributed by atoms with Gasteiger partial charge < -0.3 is 4.42 Å². The Morgan fingerprint density at radius 1 is 1.12 bits per heavy atom. The van der Waals surface area contributed by atoms with Gasteiger partial charge in [-0.3, -0.25) is 4.90 Å². The standard InChI is InChI=1S/C19H16N2OS3/c1-3-15(22-8-1)19-20-13(12-25-19)11-21-7-5-16-14(6-10-24-16)18(21)17-4-2-9-23-17/h1-4,6,8-10,12,18H,5,7,11H2. The lowest BCUT2D eigenvalue weighted by molar-refractivity contribution is 0.207. The number of thiazole rings is 1. The number of aromatic nitrogens is 1. The van der Waals surface area contributed by atoms with Gasteiger partial charge in [-0.15, -0.1) is 34.0 Å². The van der Waals surface area contributed by atoms with Crippen LogP contribution in [-0.4, -0.2) is 16.4 Å². The Labute approximate surface area is 158 Å². The molecule has 0 aliphatic carbocycles. The molecule has 1 atom stereocenters. The third kappa shape index (κ3) is 2.89. The van der Waals surface area contributed by atoms with E-state index in [0.29, 0.717) is 6.04 Å². The summed E-state index contributed by atoms with van der Waals surface area (Å²) in [4.78, 5) is 10.3. The van der Waals surface area contributed by atoms with Crippen LogP contribution in [0.3, 0.4) is 0 Å².